The number of aromatic nitrogens is 1. The number of halogens is 1. The largest absolute Gasteiger partial charge is 0.385 e. The molecule has 2 saturated heterocycles. The molecule has 0 unspecified atom stereocenters. The van der Waals surface area contributed by atoms with Crippen LogP contribution >= 0.6 is 24.0 Å². The molecule has 0 amide bonds. The van der Waals surface area contributed by atoms with Crippen molar-refractivity contribution in [2.75, 3.05) is 78.1 Å². The van der Waals surface area contributed by atoms with Crippen LogP contribution in [0.25, 0.3) is 0 Å². The lowest BCUT2D eigenvalue weighted by Crippen LogP contribution is -2.47. The van der Waals surface area contributed by atoms with Gasteiger partial charge >= 0.3 is 0 Å². The van der Waals surface area contributed by atoms with E-state index >= 15 is 0 Å². The first kappa shape index (κ1) is 27.1. The average Bonchev–Trinajstić information content (AvgIpc) is 2.81. The number of pyridine rings is 1. The van der Waals surface area contributed by atoms with Gasteiger partial charge < -0.3 is 29.5 Å². The van der Waals surface area contributed by atoms with Crippen LogP contribution in [0, 0.1) is 0 Å². The van der Waals surface area contributed by atoms with Crippen molar-refractivity contribution in [1.29, 1.82) is 0 Å². The smallest absolute Gasteiger partial charge is 0.194 e. The van der Waals surface area contributed by atoms with Gasteiger partial charge in [-0.15, -0.1) is 24.0 Å². The number of piperidine rings is 1. The highest BCUT2D eigenvalue weighted by Gasteiger charge is 2.22. The second kappa shape index (κ2) is 14.9. The molecule has 3 heterocycles. The third-order valence-electron chi connectivity index (χ3n) is 5.97. The summed E-state index contributed by atoms with van der Waals surface area (Å²) >= 11 is 0. The second-order valence-corrected chi connectivity index (χ2v) is 8.39. The van der Waals surface area contributed by atoms with Gasteiger partial charge in [0.25, 0.3) is 0 Å². The van der Waals surface area contributed by atoms with Crippen molar-refractivity contribution in [2.45, 2.75) is 38.8 Å². The summed E-state index contributed by atoms with van der Waals surface area (Å²) in [4.78, 5) is 16.6. The van der Waals surface area contributed by atoms with Gasteiger partial charge in [-0.25, -0.2) is 9.98 Å². The van der Waals surface area contributed by atoms with E-state index in [0.717, 1.165) is 95.6 Å². The van der Waals surface area contributed by atoms with Crippen LogP contribution in [0.2, 0.25) is 0 Å². The molecule has 0 aliphatic carbocycles. The molecule has 0 saturated carbocycles. The minimum Gasteiger partial charge on any atom is -0.385 e. The zero-order valence-electron chi connectivity index (χ0n) is 20.0. The Kier molecular flexibility index (Phi) is 12.6. The number of hydrogen-bond acceptors (Lipinski definition) is 6. The van der Waals surface area contributed by atoms with Gasteiger partial charge in [0.15, 0.2) is 5.96 Å². The number of nitrogens with one attached hydrogen (secondary N) is 1. The summed E-state index contributed by atoms with van der Waals surface area (Å²) in [6.45, 7) is 11.4. The lowest BCUT2D eigenvalue weighted by molar-refractivity contribution is 0.00990. The van der Waals surface area contributed by atoms with E-state index in [2.05, 4.69) is 46.1 Å². The Morgan fingerprint density at radius 1 is 1.12 bits per heavy atom. The number of hydrogen-bond donors (Lipinski definition) is 1. The highest BCUT2D eigenvalue weighted by Crippen LogP contribution is 2.16. The predicted octanol–water partition coefficient (Wildman–Crippen LogP) is 2.43. The van der Waals surface area contributed by atoms with E-state index in [1.165, 1.54) is 0 Å². The third kappa shape index (κ3) is 8.64. The van der Waals surface area contributed by atoms with Crippen LogP contribution in [0.4, 0.5) is 5.82 Å². The first-order chi connectivity index (χ1) is 15.2. The van der Waals surface area contributed by atoms with Crippen LogP contribution in [-0.2, 0) is 16.0 Å². The fourth-order valence-corrected chi connectivity index (χ4v) is 4.01. The standard InChI is InChI=1S/C23H40N6O2.HI/c1-4-24-23(29-10-8-21(9-11-29)31-17-5-16-30-3)26-19-20-6-7-22(25-18-20)28-14-12-27(2)13-15-28;/h6-7,18,21H,4-5,8-17,19H2,1-3H3,(H,24,26);1H. The van der Waals surface area contributed by atoms with Crippen molar-refractivity contribution in [1.82, 2.24) is 20.1 Å². The summed E-state index contributed by atoms with van der Waals surface area (Å²) in [5, 5.41) is 3.45. The number of rotatable bonds is 9. The molecule has 2 aliphatic rings. The summed E-state index contributed by atoms with van der Waals surface area (Å²) in [5.41, 5.74) is 1.14. The first-order valence-corrected chi connectivity index (χ1v) is 11.7. The molecular formula is C23H41IN6O2. The van der Waals surface area contributed by atoms with E-state index in [1.54, 1.807) is 7.11 Å². The molecule has 2 aliphatic heterocycles. The molecule has 2 fully saturated rings. The van der Waals surface area contributed by atoms with Gasteiger partial charge in [-0.05, 0) is 44.9 Å². The predicted molar refractivity (Wildman–Crippen MR) is 141 cm³/mol. The van der Waals surface area contributed by atoms with Gasteiger partial charge in [0, 0.05) is 72.3 Å². The third-order valence-corrected chi connectivity index (χ3v) is 5.97. The zero-order chi connectivity index (χ0) is 21.9. The molecule has 1 aromatic heterocycles. The van der Waals surface area contributed by atoms with Crippen LogP contribution in [0.15, 0.2) is 23.3 Å². The van der Waals surface area contributed by atoms with Crippen LogP contribution in [-0.4, -0.2) is 100 Å². The number of likely N-dealkylation sites (tertiary alicyclic amines) is 1. The lowest BCUT2D eigenvalue weighted by Gasteiger charge is -2.34. The fourth-order valence-electron chi connectivity index (χ4n) is 4.01. The molecular weight excluding hydrogens is 519 g/mol. The highest BCUT2D eigenvalue weighted by molar-refractivity contribution is 14.0. The normalized spacial score (nSPS) is 18.5. The molecule has 8 nitrogen and oxygen atoms in total. The molecule has 1 N–H and O–H groups in total. The van der Waals surface area contributed by atoms with E-state index in [1.807, 2.05) is 6.20 Å². The number of likely N-dealkylation sites (N-methyl/N-ethyl adjacent to an activating group) is 1. The van der Waals surface area contributed by atoms with Crippen molar-refractivity contribution in [3.8, 4) is 0 Å². The minimum atomic E-state index is 0. The molecule has 9 heteroatoms. The molecule has 182 valence electrons. The van der Waals surface area contributed by atoms with Gasteiger partial charge in [0.05, 0.1) is 12.6 Å². The monoisotopic (exact) mass is 560 g/mol. The fraction of sp³-hybridized carbons (Fsp3) is 0.739. The Balaban J connectivity index is 0.00000363. The Hall–Kier alpha value is -1.17. The number of ether oxygens (including phenoxy) is 2. The molecule has 0 bridgehead atoms. The number of methoxy groups -OCH3 is 1. The van der Waals surface area contributed by atoms with Gasteiger partial charge in [0.2, 0.25) is 0 Å². The Labute approximate surface area is 210 Å². The Morgan fingerprint density at radius 3 is 2.50 bits per heavy atom. The number of piperazine rings is 1. The number of anilines is 1. The summed E-state index contributed by atoms with van der Waals surface area (Å²) in [7, 11) is 3.91. The first-order valence-electron chi connectivity index (χ1n) is 11.7. The van der Waals surface area contributed by atoms with Crippen LogP contribution in [0.1, 0.15) is 31.7 Å². The Morgan fingerprint density at radius 2 is 1.88 bits per heavy atom. The summed E-state index contributed by atoms with van der Waals surface area (Å²) in [6, 6.07) is 4.29. The lowest BCUT2D eigenvalue weighted by atomic mass is 10.1. The summed E-state index contributed by atoms with van der Waals surface area (Å²) in [5.74, 6) is 2.06. The molecule has 1 aromatic rings. The van der Waals surface area contributed by atoms with E-state index in [0.29, 0.717) is 12.6 Å². The molecule has 0 spiro atoms. The molecule has 0 aromatic carbocycles. The molecule has 0 atom stereocenters. The topological polar surface area (TPSA) is 65.5 Å². The Bertz CT molecular complexity index is 659. The van der Waals surface area contributed by atoms with Crippen molar-refractivity contribution in [3.05, 3.63) is 23.9 Å². The SMILES string of the molecule is CCNC(=NCc1ccc(N2CCN(C)CC2)nc1)N1CCC(OCCCOC)CC1.I. The number of guanidine groups is 1. The van der Waals surface area contributed by atoms with Crippen LogP contribution in [0.3, 0.4) is 0 Å². The zero-order valence-corrected chi connectivity index (χ0v) is 22.3. The van der Waals surface area contributed by atoms with Gasteiger partial charge in [0.1, 0.15) is 5.82 Å². The minimum absolute atomic E-state index is 0. The number of nitrogens with zero attached hydrogens (tertiary/aromatic N) is 5. The van der Waals surface area contributed by atoms with E-state index < -0.39 is 0 Å². The van der Waals surface area contributed by atoms with Gasteiger partial charge in [-0.2, -0.15) is 0 Å². The van der Waals surface area contributed by atoms with Gasteiger partial charge in [-0.1, -0.05) is 6.07 Å². The summed E-state index contributed by atoms with van der Waals surface area (Å²) < 4.78 is 11.1. The van der Waals surface area contributed by atoms with Gasteiger partial charge in [-0.3, -0.25) is 0 Å². The van der Waals surface area contributed by atoms with Crippen molar-refractivity contribution >= 4 is 35.8 Å². The van der Waals surface area contributed by atoms with E-state index in [4.69, 9.17) is 19.5 Å². The van der Waals surface area contributed by atoms with Crippen molar-refractivity contribution < 1.29 is 9.47 Å². The maximum atomic E-state index is 5.99. The van der Waals surface area contributed by atoms with E-state index in [-0.39, 0.29) is 24.0 Å². The van der Waals surface area contributed by atoms with Crippen molar-refractivity contribution in [3.63, 3.8) is 0 Å². The molecule has 3 rings (SSSR count). The number of aliphatic imine (C=N–C) groups is 1. The maximum Gasteiger partial charge on any atom is 0.194 e. The second-order valence-electron chi connectivity index (χ2n) is 8.39. The average molecular weight is 561 g/mol. The van der Waals surface area contributed by atoms with Crippen LogP contribution in [0.5, 0.6) is 0 Å². The highest BCUT2D eigenvalue weighted by atomic mass is 127. The van der Waals surface area contributed by atoms with E-state index in [9.17, 15) is 0 Å². The molecule has 32 heavy (non-hydrogen) atoms. The van der Waals surface area contributed by atoms with Crippen molar-refractivity contribution in [2.24, 2.45) is 4.99 Å². The maximum absolute atomic E-state index is 5.99. The molecule has 0 radical (unpaired) electrons. The van der Waals surface area contributed by atoms with Crippen LogP contribution < -0.4 is 10.2 Å². The quantitative estimate of drug-likeness (QED) is 0.216. The summed E-state index contributed by atoms with van der Waals surface area (Å²) in [6.07, 6.45) is 5.36.